The minimum Gasteiger partial charge on any atom is -0.336 e. The van der Waals surface area contributed by atoms with Gasteiger partial charge in [-0.2, -0.15) is 0 Å². The minimum atomic E-state index is -3.47. The molecule has 2 aromatic rings. The highest BCUT2D eigenvalue weighted by Crippen LogP contribution is 2.25. The fourth-order valence-electron chi connectivity index (χ4n) is 2.66. The Morgan fingerprint density at radius 3 is 2.04 bits per heavy atom. The van der Waals surface area contributed by atoms with E-state index < -0.39 is 15.1 Å². The molecule has 1 aromatic heterocycles. The van der Waals surface area contributed by atoms with Crippen LogP contribution in [-0.2, 0) is 21.8 Å². The van der Waals surface area contributed by atoms with Crippen LogP contribution in [0.1, 0.15) is 47.1 Å². The summed E-state index contributed by atoms with van der Waals surface area (Å²) in [4.78, 5) is 4.39. The molecule has 1 unspecified atom stereocenters. The number of hydrogen-bond donors (Lipinski definition) is 1. The molecule has 0 aliphatic rings. The predicted octanol–water partition coefficient (Wildman–Crippen LogP) is 4.25. The van der Waals surface area contributed by atoms with Gasteiger partial charge in [0.2, 0.25) is 0 Å². The normalized spacial score (nSPS) is 13.4. The molecular weight excluding hydrogens is 417 g/mol. The fraction of sp³-hybridized carbons (Fsp3) is 0.550. The molecule has 0 aliphatic heterocycles. The molecule has 0 radical (unpaired) electrons. The minimum absolute atomic E-state index is 0. The van der Waals surface area contributed by atoms with Gasteiger partial charge in [0.15, 0.2) is 9.84 Å². The second-order valence-corrected chi connectivity index (χ2v) is 11.1. The first-order valence-corrected chi connectivity index (χ1v) is 10.5. The molecule has 28 heavy (non-hydrogen) atoms. The van der Waals surface area contributed by atoms with Gasteiger partial charge in [-0.3, -0.25) is 0 Å². The van der Waals surface area contributed by atoms with Crippen molar-refractivity contribution in [3.8, 4) is 0 Å². The summed E-state index contributed by atoms with van der Waals surface area (Å²) in [7, 11) is -3.47. The summed E-state index contributed by atoms with van der Waals surface area (Å²) >= 11 is 0. The largest absolute Gasteiger partial charge is 0.336 e. The molecule has 5 nitrogen and oxygen atoms in total. The Labute approximate surface area is 182 Å². The van der Waals surface area contributed by atoms with Crippen LogP contribution in [0.3, 0.4) is 0 Å². The average molecular weight is 450 g/mol. The van der Waals surface area contributed by atoms with Gasteiger partial charge in [-0.1, -0.05) is 32.9 Å². The second kappa shape index (κ2) is 10.1. The quantitative estimate of drug-likeness (QED) is 0.715. The first kappa shape index (κ1) is 26.9. The van der Waals surface area contributed by atoms with E-state index >= 15 is 0 Å². The van der Waals surface area contributed by atoms with Crippen LogP contribution in [0.25, 0.3) is 0 Å². The maximum atomic E-state index is 13.3. The monoisotopic (exact) mass is 449 g/mol. The number of aromatic nitrogens is 2. The molecule has 0 amide bonds. The Bertz CT molecular complexity index is 807. The summed E-state index contributed by atoms with van der Waals surface area (Å²) in [5.74, 6) is 0. The van der Waals surface area contributed by atoms with Gasteiger partial charge < -0.3 is 9.88 Å². The van der Waals surface area contributed by atoms with E-state index in [1.165, 1.54) is 0 Å². The molecule has 0 fully saturated rings. The van der Waals surface area contributed by atoms with Crippen LogP contribution >= 0.6 is 24.8 Å². The van der Waals surface area contributed by atoms with Crippen LogP contribution in [0.2, 0.25) is 0 Å². The van der Waals surface area contributed by atoms with Crippen LogP contribution < -0.4 is 5.32 Å². The SMILES string of the molecule is CC(C)(C)NCC(Cn1ccnc1)S(=O)(=O)c1ccc(C(C)(C)C)cc1.Cl.Cl. The smallest absolute Gasteiger partial charge is 0.184 e. The van der Waals surface area contributed by atoms with Gasteiger partial charge in [0.25, 0.3) is 0 Å². The third-order valence-electron chi connectivity index (χ3n) is 4.32. The molecule has 1 atom stereocenters. The number of rotatable bonds is 6. The molecular formula is C20H33Cl2N3O2S. The Kier molecular flexibility index (Phi) is 9.71. The van der Waals surface area contributed by atoms with Crippen LogP contribution in [0.5, 0.6) is 0 Å². The molecule has 8 heteroatoms. The molecule has 0 bridgehead atoms. The number of nitrogens with one attached hydrogen (secondary N) is 1. The third-order valence-corrected chi connectivity index (χ3v) is 6.44. The summed E-state index contributed by atoms with van der Waals surface area (Å²) in [6.07, 6.45) is 5.11. The summed E-state index contributed by atoms with van der Waals surface area (Å²) in [5.41, 5.74) is 0.959. The summed E-state index contributed by atoms with van der Waals surface area (Å²) < 4.78 is 28.3. The van der Waals surface area contributed by atoms with Gasteiger partial charge >= 0.3 is 0 Å². The fourth-order valence-corrected chi connectivity index (χ4v) is 4.23. The molecule has 2 rings (SSSR count). The van der Waals surface area contributed by atoms with E-state index in [0.29, 0.717) is 18.0 Å². The Balaban J connectivity index is 0.00000364. The highest BCUT2D eigenvalue weighted by Gasteiger charge is 2.29. The van der Waals surface area contributed by atoms with E-state index in [0.717, 1.165) is 5.56 Å². The Morgan fingerprint density at radius 2 is 1.61 bits per heavy atom. The summed E-state index contributed by atoms with van der Waals surface area (Å²) in [6.45, 7) is 13.2. The number of sulfone groups is 1. The molecule has 0 spiro atoms. The first-order chi connectivity index (χ1) is 11.9. The third kappa shape index (κ3) is 7.39. The van der Waals surface area contributed by atoms with Crippen LogP contribution in [0.4, 0.5) is 0 Å². The van der Waals surface area contributed by atoms with Crippen molar-refractivity contribution in [1.29, 1.82) is 0 Å². The van der Waals surface area contributed by atoms with Crippen molar-refractivity contribution in [1.82, 2.24) is 14.9 Å². The van der Waals surface area contributed by atoms with E-state index in [9.17, 15) is 8.42 Å². The van der Waals surface area contributed by atoms with Crippen molar-refractivity contribution in [3.63, 3.8) is 0 Å². The van der Waals surface area contributed by atoms with Gasteiger partial charge in [0, 0.05) is 31.0 Å². The van der Waals surface area contributed by atoms with Crippen LogP contribution in [0, 0.1) is 0 Å². The second-order valence-electron chi connectivity index (χ2n) is 8.83. The zero-order chi connectivity index (χ0) is 19.6. The molecule has 160 valence electrons. The number of nitrogens with zero attached hydrogens (tertiary/aromatic N) is 2. The maximum absolute atomic E-state index is 13.3. The van der Waals surface area contributed by atoms with Gasteiger partial charge in [-0.05, 0) is 43.9 Å². The van der Waals surface area contributed by atoms with Gasteiger partial charge in [0.1, 0.15) is 0 Å². The van der Waals surface area contributed by atoms with Crippen molar-refractivity contribution in [2.45, 2.75) is 69.2 Å². The lowest BCUT2D eigenvalue weighted by Crippen LogP contribution is -2.44. The van der Waals surface area contributed by atoms with Crippen LogP contribution in [0.15, 0.2) is 47.9 Å². The lowest BCUT2D eigenvalue weighted by molar-refractivity contribution is 0.411. The van der Waals surface area contributed by atoms with Gasteiger partial charge in [0.05, 0.1) is 16.5 Å². The number of benzene rings is 1. The van der Waals surface area contributed by atoms with Crippen LogP contribution in [-0.4, -0.2) is 35.3 Å². The summed E-state index contributed by atoms with van der Waals surface area (Å²) in [5, 5.41) is 2.76. The molecule has 1 N–H and O–H groups in total. The standard InChI is InChI=1S/C20H31N3O2S.2ClH/c1-19(2,3)16-7-9-17(10-8-16)26(24,25)18(13-22-20(4,5)6)14-23-12-11-21-15-23;;/h7-12,15,18,22H,13-14H2,1-6H3;2*1H. The molecule has 1 aromatic carbocycles. The van der Waals surface area contributed by atoms with Gasteiger partial charge in [-0.25, -0.2) is 13.4 Å². The van der Waals surface area contributed by atoms with Crippen molar-refractivity contribution in [2.24, 2.45) is 0 Å². The van der Waals surface area contributed by atoms with Gasteiger partial charge in [-0.15, -0.1) is 24.8 Å². The topological polar surface area (TPSA) is 64.0 Å². The van der Waals surface area contributed by atoms with Crippen molar-refractivity contribution >= 4 is 34.7 Å². The molecule has 0 saturated carbocycles. The van der Waals surface area contributed by atoms with E-state index in [1.54, 1.807) is 30.9 Å². The molecule has 0 saturated heterocycles. The molecule has 1 heterocycles. The number of hydrogen-bond acceptors (Lipinski definition) is 4. The maximum Gasteiger partial charge on any atom is 0.184 e. The van der Waals surface area contributed by atoms with E-state index in [-0.39, 0.29) is 35.8 Å². The van der Waals surface area contributed by atoms with E-state index in [1.807, 2.05) is 37.5 Å². The van der Waals surface area contributed by atoms with E-state index in [4.69, 9.17) is 0 Å². The number of imidazole rings is 1. The van der Waals surface area contributed by atoms with Crippen molar-refractivity contribution in [3.05, 3.63) is 48.5 Å². The number of halogens is 2. The molecule has 0 aliphatic carbocycles. The highest BCUT2D eigenvalue weighted by molar-refractivity contribution is 7.92. The predicted molar refractivity (Wildman–Crippen MR) is 121 cm³/mol. The highest BCUT2D eigenvalue weighted by atomic mass is 35.5. The Morgan fingerprint density at radius 1 is 1.04 bits per heavy atom. The van der Waals surface area contributed by atoms with E-state index in [2.05, 4.69) is 31.1 Å². The van der Waals surface area contributed by atoms with Crippen molar-refractivity contribution in [2.75, 3.05) is 6.54 Å². The lowest BCUT2D eigenvalue weighted by Gasteiger charge is -2.26. The van der Waals surface area contributed by atoms with Crippen molar-refractivity contribution < 1.29 is 8.42 Å². The zero-order valence-corrected chi connectivity index (χ0v) is 19.9. The lowest BCUT2D eigenvalue weighted by atomic mass is 9.87. The zero-order valence-electron chi connectivity index (χ0n) is 17.5. The Hall–Kier alpha value is -1.08. The first-order valence-electron chi connectivity index (χ1n) is 8.95. The summed E-state index contributed by atoms with van der Waals surface area (Å²) in [6, 6.07) is 7.29. The average Bonchev–Trinajstić information content (AvgIpc) is 3.02.